The van der Waals surface area contributed by atoms with Crippen LogP contribution >= 0.6 is 23.4 Å². The van der Waals surface area contributed by atoms with Crippen LogP contribution in [-0.4, -0.2) is 31.5 Å². The summed E-state index contributed by atoms with van der Waals surface area (Å²) in [5.74, 6) is 0.797. The van der Waals surface area contributed by atoms with Crippen LogP contribution in [0.25, 0.3) is 11.4 Å². The minimum absolute atomic E-state index is 0.00719. The zero-order chi connectivity index (χ0) is 19.6. The molecular formula is C20H27ClN4OS. The lowest BCUT2D eigenvalue weighted by Gasteiger charge is -2.23. The van der Waals surface area contributed by atoms with Crippen molar-refractivity contribution in [1.82, 2.24) is 20.1 Å². The molecule has 0 radical (unpaired) electrons. The van der Waals surface area contributed by atoms with E-state index < -0.39 is 0 Å². The number of nitrogens with zero attached hydrogens (tertiary/aromatic N) is 3. The predicted molar refractivity (Wildman–Crippen MR) is 111 cm³/mol. The van der Waals surface area contributed by atoms with Gasteiger partial charge in [0.2, 0.25) is 5.91 Å². The van der Waals surface area contributed by atoms with Crippen LogP contribution in [-0.2, 0) is 4.79 Å². The third-order valence-corrected chi connectivity index (χ3v) is 6.01. The Hall–Kier alpha value is -1.53. The standard InChI is InChI=1S/C20H27ClN4OS/c1-13(18(26)22-20(2,3)4)27-19-24-23-17(15-11-7-8-12-16(15)21)25(19)14-9-5-6-10-14/h7-8,11-14H,5-6,9-10H2,1-4H3,(H,22,26)/t13-/m0/s1. The minimum atomic E-state index is -0.257. The fourth-order valence-corrected chi connectivity index (χ4v) is 4.50. The first kappa shape index (κ1) is 20.2. The van der Waals surface area contributed by atoms with Gasteiger partial charge in [0.1, 0.15) is 0 Å². The lowest BCUT2D eigenvalue weighted by atomic mass is 10.1. The van der Waals surface area contributed by atoms with Crippen molar-refractivity contribution in [2.75, 3.05) is 0 Å². The maximum Gasteiger partial charge on any atom is 0.233 e. The average Bonchev–Trinajstić information content (AvgIpc) is 3.23. The molecule has 1 atom stereocenters. The Kier molecular flexibility index (Phi) is 6.16. The van der Waals surface area contributed by atoms with Gasteiger partial charge in [-0.05, 0) is 52.7 Å². The highest BCUT2D eigenvalue weighted by Crippen LogP contribution is 2.39. The highest BCUT2D eigenvalue weighted by molar-refractivity contribution is 8.00. The SMILES string of the molecule is C[C@H](Sc1nnc(-c2ccccc2Cl)n1C1CCCC1)C(=O)NC(C)(C)C. The molecule has 0 spiro atoms. The van der Waals surface area contributed by atoms with Gasteiger partial charge >= 0.3 is 0 Å². The fourth-order valence-electron chi connectivity index (χ4n) is 3.36. The molecule has 1 N–H and O–H groups in total. The van der Waals surface area contributed by atoms with Crippen molar-refractivity contribution in [3.05, 3.63) is 29.3 Å². The zero-order valence-electron chi connectivity index (χ0n) is 16.3. The van der Waals surface area contributed by atoms with Crippen LogP contribution < -0.4 is 5.32 Å². The maximum absolute atomic E-state index is 12.5. The molecule has 5 nitrogen and oxygen atoms in total. The van der Waals surface area contributed by atoms with E-state index in [1.807, 2.05) is 52.0 Å². The maximum atomic E-state index is 12.5. The molecule has 0 aliphatic heterocycles. The monoisotopic (exact) mass is 406 g/mol. The third-order valence-electron chi connectivity index (χ3n) is 4.62. The molecular weight excluding hydrogens is 380 g/mol. The largest absolute Gasteiger partial charge is 0.351 e. The Balaban J connectivity index is 1.92. The van der Waals surface area contributed by atoms with Gasteiger partial charge in [0.05, 0.1) is 10.3 Å². The number of aromatic nitrogens is 3. The van der Waals surface area contributed by atoms with E-state index in [1.54, 1.807) is 0 Å². The molecule has 1 aliphatic carbocycles. The number of benzene rings is 1. The predicted octanol–water partition coefficient (Wildman–Crippen LogP) is 5.11. The van der Waals surface area contributed by atoms with E-state index in [4.69, 9.17) is 11.6 Å². The molecule has 0 unspecified atom stereocenters. The van der Waals surface area contributed by atoms with E-state index in [-0.39, 0.29) is 16.7 Å². The van der Waals surface area contributed by atoms with Crippen LogP contribution in [0, 0.1) is 0 Å². The number of carbonyl (C=O) groups is 1. The number of rotatable bonds is 5. The summed E-state index contributed by atoms with van der Waals surface area (Å²) < 4.78 is 2.19. The van der Waals surface area contributed by atoms with Crippen molar-refractivity contribution in [3.8, 4) is 11.4 Å². The molecule has 146 valence electrons. The molecule has 1 saturated carbocycles. The number of halogens is 1. The van der Waals surface area contributed by atoms with Gasteiger partial charge in [-0.15, -0.1) is 10.2 Å². The summed E-state index contributed by atoms with van der Waals surface area (Å²) in [6.45, 7) is 7.87. The highest BCUT2D eigenvalue weighted by atomic mass is 35.5. The second-order valence-electron chi connectivity index (χ2n) is 8.09. The van der Waals surface area contributed by atoms with Gasteiger partial charge in [-0.2, -0.15) is 0 Å². The lowest BCUT2D eigenvalue weighted by Crippen LogP contribution is -2.44. The second-order valence-corrected chi connectivity index (χ2v) is 9.81. The van der Waals surface area contributed by atoms with E-state index in [0.717, 1.165) is 29.4 Å². The molecule has 1 aromatic carbocycles. The first-order valence-corrected chi connectivity index (χ1v) is 10.7. The van der Waals surface area contributed by atoms with Crippen molar-refractivity contribution in [2.24, 2.45) is 0 Å². The molecule has 1 aliphatic rings. The first-order chi connectivity index (χ1) is 12.8. The summed E-state index contributed by atoms with van der Waals surface area (Å²) >= 11 is 7.88. The molecule has 0 bridgehead atoms. The van der Waals surface area contributed by atoms with Crippen molar-refractivity contribution >= 4 is 29.3 Å². The molecule has 1 fully saturated rings. The fraction of sp³-hybridized carbons (Fsp3) is 0.550. The van der Waals surface area contributed by atoms with Crippen LogP contribution in [0.3, 0.4) is 0 Å². The van der Waals surface area contributed by atoms with Crippen molar-refractivity contribution in [1.29, 1.82) is 0 Å². The topological polar surface area (TPSA) is 59.8 Å². The van der Waals surface area contributed by atoms with Crippen LogP contribution in [0.5, 0.6) is 0 Å². The van der Waals surface area contributed by atoms with Crippen LogP contribution in [0.1, 0.15) is 59.4 Å². The summed E-state index contributed by atoms with van der Waals surface area (Å²) in [6, 6.07) is 8.07. The van der Waals surface area contributed by atoms with Gasteiger partial charge in [-0.25, -0.2) is 0 Å². The van der Waals surface area contributed by atoms with Crippen LogP contribution in [0.15, 0.2) is 29.4 Å². The Morgan fingerprint density at radius 2 is 1.93 bits per heavy atom. The van der Waals surface area contributed by atoms with Gasteiger partial charge in [0.25, 0.3) is 0 Å². The van der Waals surface area contributed by atoms with Gasteiger partial charge in [0, 0.05) is 17.1 Å². The number of hydrogen-bond donors (Lipinski definition) is 1. The third kappa shape index (κ3) is 4.85. The van der Waals surface area contributed by atoms with Crippen molar-refractivity contribution in [3.63, 3.8) is 0 Å². The molecule has 7 heteroatoms. The summed E-state index contributed by atoms with van der Waals surface area (Å²) in [7, 11) is 0. The molecule has 1 aromatic heterocycles. The normalized spacial score (nSPS) is 16.5. The van der Waals surface area contributed by atoms with Crippen molar-refractivity contribution in [2.45, 2.75) is 75.4 Å². The van der Waals surface area contributed by atoms with E-state index in [1.165, 1.54) is 24.6 Å². The number of hydrogen-bond acceptors (Lipinski definition) is 4. The van der Waals surface area contributed by atoms with Gasteiger partial charge in [0.15, 0.2) is 11.0 Å². The van der Waals surface area contributed by atoms with E-state index in [0.29, 0.717) is 11.1 Å². The smallest absolute Gasteiger partial charge is 0.233 e. The van der Waals surface area contributed by atoms with Gasteiger partial charge < -0.3 is 5.32 Å². The summed E-state index contributed by atoms with van der Waals surface area (Å²) in [5, 5.41) is 13.1. The first-order valence-electron chi connectivity index (χ1n) is 9.45. The number of nitrogens with one attached hydrogen (secondary N) is 1. The van der Waals surface area contributed by atoms with Gasteiger partial charge in [-0.3, -0.25) is 9.36 Å². The number of carbonyl (C=O) groups excluding carboxylic acids is 1. The summed E-state index contributed by atoms with van der Waals surface area (Å²) in [5.41, 5.74) is 0.630. The lowest BCUT2D eigenvalue weighted by molar-refractivity contribution is -0.121. The number of thioether (sulfide) groups is 1. The molecule has 3 rings (SSSR count). The molecule has 27 heavy (non-hydrogen) atoms. The zero-order valence-corrected chi connectivity index (χ0v) is 17.9. The van der Waals surface area contributed by atoms with Crippen molar-refractivity contribution < 1.29 is 4.79 Å². The Labute approximate surface area is 170 Å². The Morgan fingerprint density at radius 3 is 2.56 bits per heavy atom. The Bertz CT molecular complexity index is 809. The van der Waals surface area contributed by atoms with E-state index >= 15 is 0 Å². The summed E-state index contributed by atoms with van der Waals surface area (Å²) in [4.78, 5) is 12.5. The number of amides is 1. The molecule has 1 amide bonds. The van der Waals surface area contributed by atoms with Gasteiger partial charge in [-0.1, -0.05) is 48.3 Å². The van der Waals surface area contributed by atoms with E-state index in [9.17, 15) is 4.79 Å². The molecule has 0 saturated heterocycles. The molecule has 1 heterocycles. The highest BCUT2D eigenvalue weighted by Gasteiger charge is 2.28. The average molecular weight is 407 g/mol. The van der Waals surface area contributed by atoms with E-state index in [2.05, 4.69) is 20.1 Å². The summed E-state index contributed by atoms with van der Waals surface area (Å²) in [6.07, 6.45) is 4.61. The molecule has 2 aromatic rings. The van der Waals surface area contributed by atoms with Crippen LogP contribution in [0.2, 0.25) is 5.02 Å². The second kappa shape index (κ2) is 8.23. The Morgan fingerprint density at radius 1 is 1.26 bits per heavy atom. The quantitative estimate of drug-likeness (QED) is 0.701. The minimum Gasteiger partial charge on any atom is -0.351 e. The van der Waals surface area contributed by atoms with Crippen LogP contribution in [0.4, 0.5) is 0 Å².